The van der Waals surface area contributed by atoms with Gasteiger partial charge in [-0.1, -0.05) is 54.8 Å². The summed E-state index contributed by atoms with van der Waals surface area (Å²) >= 11 is 5.90. The summed E-state index contributed by atoms with van der Waals surface area (Å²) in [6.45, 7) is 0.892. The Hall–Kier alpha value is -1.93. The fourth-order valence-electron chi connectivity index (χ4n) is 4.89. The molecule has 8 heteroatoms. The Balaban J connectivity index is 1.56. The van der Waals surface area contributed by atoms with E-state index >= 15 is 0 Å². The summed E-state index contributed by atoms with van der Waals surface area (Å²) in [5.41, 5.74) is 0.170. The number of rotatable bonds is 6. The summed E-state index contributed by atoms with van der Waals surface area (Å²) < 4.78 is 28.7. The first kappa shape index (κ1) is 23.2. The van der Waals surface area contributed by atoms with Gasteiger partial charge in [0, 0.05) is 24.0 Å². The molecule has 2 N–H and O–H groups in total. The predicted molar refractivity (Wildman–Crippen MR) is 124 cm³/mol. The monoisotopic (exact) mass is 476 g/mol. The first-order valence-corrected chi connectivity index (χ1v) is 13.0. The second kappa shape index (κ2) is 9.51. The molecular weight excluding hydrogens is 448 g/mol. The maximum Gasteiger partial charge on any atom is 0.241 e. The van der Waals surface area contributed by atoms with Gasteiger partial charge in [0.05, 0.1) is 10.5 Å². The van der Waals surface area contributed by atoms with Crippen molar-refractivity contribution in [3.05, 3.63) is 65.2 Å². The van der Waals surface area contributed by atoms with Crippen LogP contribution in [0.5, 0.6) is 0 Å². The number of fused-ring (bicyclic) bond motifs is 1. The normalized spacial score (nSPS) is 24.6. The molecular formula is C24H29ClN2O4S. The van der Waals surface area contributed by atoms with Gasteiger partial charge in [-0.15, -0.1) is 0 Å². The van der Waals surface area contributed by atoms with Gasteiger partial charge in [-0.25, -0.2) is 8.42 Å². The van der Waals surface area contributed by atoms with E-state index in [2.05, 4.69) is 4.72 Å². The largest absolute Gasteiger partial charge is 0.389 e. The predicted octanol–water partition coefficient (Wildman–Crippen LogP) is 3.38. The smallest absolute Gasteiger partial charge is 0.241 e. The van der Waals surface area contributed by atoms with Crippen LogP contribution in [-0.2, 0) is 21.2 Å². The zero-order valence-electron chi connectivity index (χ0n) is 17.9. The van der Waals surface area contributed by atoms with Gasteiger partial charge in [-0.3, -0.25) is 4.79 Å². The number of amides is 1. The number of hydrogen-bond donors (Lipinski definition) is 2. The highest BCUT2D eigenvalue weighted by Crippen LogP contribution is 2.40. The fourth-order valence-corrected chi connectivity index (χ4v) is 6.20. The zero-order chi connectivity index (χ0) is 22.8. The van der Waals surface area contributed by atoms with Gasteiger partial charge in [0.25, 0.3) is 0 Å². The van der Waals surface area contributed by atoms with Crippen LogP contribution in [0.1, 0.15) is 37.7 Å². The lowest BCUT2D eigenvalue weighted by molar-refractivity contribution is -0.145. The topological polar surface area (TPSA) is 86.7 Å². The first-order valence-electron chi connectivity index (χ1n) is 11.1. The molecule has 1 aliphatic carbocycles. The van der Waals surface area contributed by atoms with Crippen LogP contribution in [-0.4, -0.2) is 49.1 Å². The number of benzene rings is 2. The summed E-state index contributed by atoms with van der Waals surface area (Å²) in [5, 5.41) is 11.4. The van der Waals surface area contributed by atoms with Crippen LogP contribution < -0.4 is 4.72 Å². The van der Waals surface area contributed by atoms with Gasteiger partial charge in [-0.2, -0.15) is 4.72 Å². The third-order valence-electron chi connectivity index (χ3n) is 6.74. The molecule has 2 fully saturated rings. The average Bonchev–Trinajstić information content (AvgIpc) is 2.78. The molecule has 172 valence electrons. The molecule has 2 aliphatic rings. The second-order valence-electron chi connectivity index (χ2n) is 8.90. The molecule has 0 spiro atoms. The molecule has 1 saturated carbocycles. The van der Waals surface area contributed by atoms with Gasteiger partial charge in [-0.05, 0) is 55.5 Å². The minimum atomic E-state index is -3.92. The standard InChI is InChI=1S/C24H29ClN2O4S/c25-20-9-11-21(12-10-20)32(30,31)26-22(16-18-6-2-1-3-7-18)23(28)27-15-14-24(29)13-5-4-8-19(24)17-27/h1-3,6-7,9-12,19,22,26,29H,4-5,8,13-17H2/t19?,22?,24-/m0/s1. The molecule has 6 nitrogen and oxygen atoms in total. The van der Waals surface area contributed by atoms with Gasteiger partial charge in [0.2, 0.25) is 15.9 Å². The third-order valence-corrected chi connectivity index (χ3v) is 8.48. The lowest BCUT2D eigenvalue weighted by atomic mass is 9.71. The van der Waals surface area contributed by atoms with Crippen molar-refractivity contribution in [3.8, 4) is 0 Å². The number of halogens is 1. The number of carbonyl (C=O) groups excluding carboxylic acids is 1. The van der Waals surface area contributed by atoms with Crippen LogP contribution in [0.2, 0.25) is 5.02 Å². The van der Waals surface area contributed by atoms with Crippen LogP contribution >= 0.6 is 11.6 Å². The van der Waals surface area contributed by atoms with Crippen molar-refractivity contribution in [2.24, 2.45) is 5.92 Å². The Morgan fingerprint density at radius 1 is 1.12 bits per heavy atom. The van der Waals surface area contributed by atoms with Crippen molar-refractivity contribution in [2.75, 3.05) is 13.1 Å². The van der Waals surface area contributed by atoms with E-state index in [-0.39, 0.29) is 23.1 Å². The van der Waals surface area contributed by atoms with E-state index < -0.39 is 21.7 Å². The Morgan fingerprint density at radius 3 is 2.56 bits per heavy atom. The van der Waals surface area contributed by atoms with Crippen molar-refractivity contribution in [2.45, 2.75) is 55.1 Å². The fraction of sp³-hybridized carbons (Fsp3) is 0.458. The Morgan fingerprint density at radius 2 is 1.84 bits per heavy atom. The van der Waals surface area contributed by atoms with Crippen LogP contribution in [0.4, 0.5) is 0 Å². The quantitative estimate of drug-likeness (QED) is 0.669. The molecule has 0 radical (unpaired) electrons. The van der Waals surface area contributed by atoms with Crippen LogP contribution in [0.25, 0.3) is 0 Å². The van der Waals surface area contributed by atoms with Crippen LogP contribution in [0, 0.1) is 5.92 Å². The molecule has 2 aromatic carbocycles. The Bertz CT molecular complexity index is 1050. The number of carbonyl (C=O) groups is 1. The lowest BCUT2D eigenvalue weighted by Gasteiger charge is -2.48. The van der Waals surface area contributed by atoms with E-state index in [0.717, 1.165) is 31.2 Å². The van der Waals surface area contributed by atoms with Crippen molar-refractivity contribution < 1.29 is 18.3 Å². The van der Waals surface area contributed by atoms with E-state index in [1.165, 1.54) is 24.3 Å². The van der Waals surface area contributed by atoms with E-state index in [4.69, 9.17) is 11.6 Å². The molecule has 3 atom stereocenters. The van der Waals surface area contributed by atoms with Crippen LogP contribution in [0.3, 0.4) is 0 Å². The molecule has 32 heavy (non-hydrogen) atoms. The highest BCUT2D eigenvalue weighted by molar-refractivity contribution is 7.89. The summed E-state index contributed by atoms with van der Waals surface area (Å²) in [6, 6.07) is 14.3. The molecule has 4 rings (SSSR count). The minimum Gasteiger partial charge on any atom is -0.389 e. The van der Waals surface area contributed by atoms with Crippen molar-refractivity contribution in [3.63, 3.8) is 0 Å². The van der Waals surface area contributed by atoms with Gasteiger partial charge >= 0.3 is 0 Å². The minimum absolute atomic E-state index is 0.0409. The van der Waals surface area contributed by atoms with Gasteiger partial charge in [0.1, 0.15) is 6.04 Å². The first-order chi connectivity index (χ1) is 15.3. The number of likely N-dealkylation sites (tertiary alicyclic amines) is 1. The number of aliphatic hydroxyl groups is 1. The average molecular weight is 477 g/mol. The molecule has 1 saturated heterocycles. The number of nitrogens with one attached hydrogen (secondary N) is 1. The molecule has 1 heterocycles. The van der Waals surface area contributed by atoms with Gasteiger partial charge < -0.3 is 10.0 Å². The molecule has 2 aromatic rings. The molecule has 0 aromatic heterocycles. The molecule has 2 unspecified atom stereocenters. The number of nitrogens with zero attached hydrogens (tertiary/aromatic N) is 1. The maximum absolute atomic E-state index is 13.5. The van der Waals surface area contributed by atoms with Crippen molar-refractivity contribution in [1.29, 1.82) is 0 Å². The molecule has 1 amide bonds. The van der Waals surface area contributed by atoms with E-state index in [9.17, 15) is 18.3 Å². The van der Waals surface area contributed by atoms with E-state index in [0.29, 0.717) is 24.5 Å². The highest BCUT2D eigenvalue weighted by atomic mass is 35.5. The van der Waals surface area contributed by atoms with Gasteiger partial charge in [0.15, 0.2) is 0 Å². The number of piperidine rings is 1. The molecule has 0 bridgehead atoms. The number of sulfonamides is 1. The zero-order valence-corrected chi connectivity index (χ0v) is 19.5. The Labute approximate surface area is 194 Å². The lowest BCUT2D eigenvalue weighted by Crippen LogP contribution is -2.58. The van der Waals surface area contributed by atoms with E-state index in [1.54, 1.807) is 4.90 Å². The highest BCUT2D eigenvalue weighted by Gasteiger charge is 2.44. The summed E-state index contributed by atoms with van der Waals surface area (Å²) in [4.78, 5) is 15.3. The second-order valence-corrected chi connectivity index (χ2v) is 11.0. The summed E-state index contributed by atoms with van der Waals surface area (Å²) in [6.07, 6.45) is 4.50. The maximum atomic E-state index is 13.5. The van der Waals surface area contributed by atoms with Crippen molar-refractivity contribution in [1.82, 2.24) is 9.62 Å². The molecule has 1 aliphatic heterocycles. The number of hydrogen-bond acceptors (Lipinski definition) is 4. The third kappa shape index (κ3) is 5.17. The van der Waals surface area contributed by atoms with Crippen LogP contribution in [0.15, 0.2) is 59.5 Å². The summed E-state index contributed by atoms with van der Waals surface area (Å²) in [5.74, 6) is -0.210. The van der Waals surface area contributed by atoms with Crippen molar-refractivity contribution >= 4 is 27.5 Å². The van der Waals surface area contributed by atoms with E-state index in [1.807, 2.05) is 30.3 Å². The Kier molecular flexibility index (Phi) is 6.91. The SMILES string of the molecule is O=C(C(Cc1ccccc1)NS(=O)(=O)c1ccc(Cl)cc1)N1CC[C@@]2(O)CCCCC2C1. The summed E-state index contributed by atoms with van der Waals surface area (Å²) in [7, 11) is -3.92.